The Hall–Kier alpha value is -2.60. The van der Waals surface area contributed by atoms with Gasteiger partial charge in [-0.15, -0.1) is 11.3 Å². The number of anilines is 1. The quantitative estimate of drug-likeness (QED) is 0.776. The molecule has 0 saturated carbocycles. The van der Waals surface area contributed by atoms with Crippen molar-refractivity contribution in [3.8, 4) is 0 Å². The van der Waals surface area contributed by atoms with Gasteiger partial charge < -0.3 is 5.32 Å². The van der Waals surface area contributed by atoms with E-state index in [0.717, 1.165) is 22.7 Å². The minimum Gasteiger partial charge on any atom is -0.316 e. The number of carbonyl (C=O) groups is 1. The van der Waals surface area contributed by atoms with Gasteiger partial charge in [0, 0.05) is 11.8 Å². The van der Waals surface area contributed by atoms with Gasteiger partial charge in [0.15, 0.2) is 0 Å². The largest absolute Gasteiger partial charge is 0.316 e. The highest BCUT2D eigenvalue weighted by molar-refractivity contribution is 7.09. The van der Waals surface area contributed by atoms with Crippen molar-refractivity contribution in [2.75, 3.05) is 5.32 Å². The molecule has 0 unspecified atom stereocenters. The van der Waals surface area contributed by atoms with Crippen molar-refractivity contribution in [2.45, 2.75) is 6.42 Å². The molecule has 2 aromatic carbocycles. The maximum atomic E-state index is 13.5. The van der Waals surface area contributed by atoms with Gasteiger partial charge in [0.2, 0.25) is 0 Å². The number of hydrogen-bond donors (Lipinski definition) is 1. The molecule has 0 aliphatic carbocycles. The molecule has 1 N–H and O–H groups in total. The van der Waals surface area contributed by atoms with Crippen LogP contribution in [-0.4, -0.2) is 10.9 Å². The van der Waals surface area contributed by atoms with Crippen LogP contribution in [0.3, 0.4) is 0 Å². The van der Waals surface area contributed by atoms with Crippen molar-refractivity contribution in [1.82, 2.24) is 4.98 Å². The lowest BCUT2D eigenvalue weighted by molar-refractivity contribution is 0.102. The average Bonchev–Trinajstić information content (AvgIpc) is 3.00. The highest BCUT2D eigenvalue weighted by Crippen LogP contribution is 2.20. The van der Waals surface area contributed by atoms with Crippen LogP contribution < -0.4 is 5.32 Å². The van der Waals surface area contributed by atoms with Crippen LogP contribution >= 0.6 is 11.3 Å². The maximum Gasteiger partial charge on any atom is 0.275 e. The van der Waals surface area contributed by atoms with Crippen molar-refractivity contribution in [1.29, 1.82) is 0 Å². The number of rotatable bonds is 4. The number of aromatic nitrogens is 1. The van der Waals surface area contributed by atoms with E-state index in [-0.39, 0.29) is 5.69 Å². The van der Waals surface area contributed by atoms with E-state index in [1.807, 2.05) is 30.3 Å². The number of hydrogen-bond acceptors (Lipinski definition) is 3. The normalized spacial score (nSPS) is 10.5. The Balaban J connectivity index is 1.74. The van der Waals surface area contributed by atoms with Crippen molar-refractivity contribution < 1.29 is 13.6 Å². The summed E-state index contributed by atoms with van der Waals surface area (Å²) >= 11 is 1.33. The van der Waals surface area contributed by atoms with Crippen LogP contribution in [0, 0.1) is 11.6 Å². The zero-order valence-corrected chi connectivity index (χ0v) is 12.7. The summed E-state index contributed by atoms with van der Waals surface area (Å²) in [6, 6.07) is 13.1. The Kier molecular flexibility index (Phi) is 4.43. The van der Waals surface area contributed by atoms with E-state index in [0.29, 0.717) is 6.42 Å². The molecule has 0 aliphatic rings. The van der Waals surface area contributed by atoms with Gasteiger partial charge in [-0.25, -0.2) is 13.8 Å². The van der Waals surface area contributed by atoms with Crippen LogP contribution in [0.4, 0.5) is 14.5 Å². The molecule has 0 aliphatic heterocycles. The summed E-state index contributed by atoms with van der Waals surface area (Å²) in [6.07, 6.45) is 0.604. The molecule has 3 nitrogen and oxygen atoms in total. The standard InChI is InChI=1S/C17H12F2N2OS/c18-12-7-4-8-13(19)16(12)21-17(22)14-10-23-15(20-14)9-11-5-2-1-3-6-11/h1-8,10H,9H2,(H,21,22). The SMILES string of the molecule is O=C(Nc1c(F)cccc1F)c1csc(Cc2ccccc2)n1. The number of thiazole rings is 1. The fourth-order valence-electron chi connectivity index (χ4n) is 2.06. The van der Waals surface area contributed by atoms with Crippen molar-refractivity contribution in [3.63, 3.8) is 0 Å². The Morgan fingerprint density at radius 3 is 2.43 bits per heavy atom. The average molecular weight is 330 g/mol. The van der Waals surface area contributed by atoms with E-state index in [4.69, 9.17) is 0 Å². The summed E-state index contributed by atoms with van der Waals surface area (Å²) in [5, 5.41) is 4.56. The first-order chi connectivity index (χ1) is 11.1. The Labute approximate surface area is 135 Å². The van der Waals surface area contributed by atoms with Gasteiger partial charge in [-0.1, -0.05) is 36.4 Å². The van der Waals surface area contributed by atoms with Crippen molar-refractivity contribution >= 4 is 22.9 Å². The molecule has 0 saturated heterocycles. The van der Waals surface area contributed by atoms with Gasteiger partial charge in [-0.3, -0.25) is 4.79 Å². The maximum absolute atomic E-state index is 13.5. The molecule has 0 radical (unpaired) electrons. The fourth-order valence-corrected chi connectivity index (χ4v) is 2.87. The van der Waals surface area contributed by atoms with Crippen LogP contribution in [0.2, 0.25) is 0 Å². The second-order valence-electron chi connectivity index (χ2n) is 4.84. The van der Waals surface area contributed by atoms with E-state index in [2.05, 4.69) is 10.3 Å². The van der Waals surface area contributed by atoms with Crippen LogP contribution in [0.15, 0.2) is 53.9 Å². The lowest BCUT2D eigenvalue weighted by Gasteiger charge is -2.05. The third-order valence-corrected chi connectivity index (χ3v) is 4.03. The molecule has 6 heteroatoms. The molecule has 0 spiro atoms. The lowest BCUT2D eigenvalue weighted by Crippen LogP contribution is -2.14. The zero-order chi connectivity index (χ0) is 16.2. The number of para-hydroxylation sites is 1. The minimum absolute atomic E-state index is 0.142. The Bertz CT molecular complexity index is 813. The first-order valence-corrected chi connectivity index (χ1v) is 7.75. The van der Waals surface area contributed by atoms with Gasteiger partial charge in [0.05, 0.1) is 5.01 Å². The summed E-state index contributed by atoms with van der Waals surface area (Å²) < 4.78 is 27.1. The van der Waals surface area contributed by atoms with Gasteiger partial charge in [-0.05, 0) is 17.7 Å². The molecule has 1 heterocycles. The number of amides is 1. The summed E-state index contributed by atoms with van der Waals surface area (Å²) in [6.45, 7) is 0. The van der Waals surface area contributed by atoms with Crippen molar-refractivity contribution in [2.24, 2.45) is 0 Å². The second-order valence-corrected chi connectivity index (χ2v) is 5.78. The molecule has 3 rings (SSSR count). The predicted molar refractivity (Wildman–Crippen MR) is 85.7 cm³/mol. The first kappa shape index (κ1) is 15.3. The molecular weight excluding hydrogens is 318 g/mol. The monoisotopic (exact) mass is 330 g/mol. The molecule has 116 valence electrons. The van der Waals surface area contributed by atoms with E-state index in [9.17, 15) is 13.6 Å². The highest BCUT2D eigenvalue weighted by Gasteiger charge is 2.16. The third-order valence-electron chi connectivity index (χ3n) is 3.18. The highest BCUT2D eigenvalue weighted by atomic mass is 32.1. The number of benzene rings is 2. The summed E-state index contributed by atoms with van der Waals surface area (Å²) in [7, 11) is 0. The Morgan fingerprint density at radius 1 is 1.04 bits per heavy atom. The zero-order valence-electron chi connectivity index (χ0n) is 11.9. The second kappa shape index (κ2) is 6.66. The van der Waals surface area contributed by atoms with Crippen LogP contribution in [0.5, 0.6) is 0 Å². The molecule has 1 aromatic heterocycles. The molecule has 23 heavy (non-hydrogen) atoms. The van der Waals surface area contributed by atoms with Gasteiger partial charge >= 0.3 is 0 Å². The first-order valence-electron chi connectivity index (χ1n) is 6.87. The van der Waals surface area contributed by atoms with Crippen LogP contribution in [0.25, 0.3) is 0 Å². The Morgan fingerprint density at radius 2 is 1.74 bits per heavy atom. The number of nitrogens with one attached hydrogen (secondary N) is 1. The van der Waals surface area contributed by atoms with Crippen molar-refractivity contribution in [3.05, 3.63) is 81.8 Å². The van der Waals surface area contributed by atoms with E-state index >= 15 is 0 Å². The topological polar surface area (TPSA) is 42.0 Å². The van der Waals surface area contributed by atoms with Gasteiger partial charge in [0.1, 0.15) is 23.0 Å². The number of halogens is 2. The fraction of sp³-hybridized carbons (Fsp3) is 0.0588. The van der Waals surface area contributed by atoms with Crippen LogP contribution in [0.1, 0.15) is 21.1 Å². The molecule has 0 bridgehead atoms. The number of carbonyl (C=O) groups excluding carboxylic acids is 1. The lowest BCUT2D eigenvalue weighted by atomic mass is 10.2. The number of nitrogens with zero attached hydrogens (tertiary/aromatic N) is 1. The van der Waals surface area contributed by atoms with Crippen LogP contribution in [-0.2, 0) is 6.42 Å². The van der Waals surface area contributed by atoms with Gasteiger partial charge in [0.25, 0.3) is 5.91 Å². The molecule has 1 amide bonds. The van der Waals surface area contributed by atoms with E-state index in [1.54, 1.807) is 5.38 Å². The smallest absolute Gasteiger partial charge is 0.275 e. The third kappa shape index (κ3) is 3.60. The van der Waals surface area contributed by atoms with E-state index < -0.39 is 23.2 Å². The molecule has 0 fully saturated rings. The van der Waals surface area contributed by atoms with Gasteiger partial charge in [-0.2, -0.15) is 0 Å². The molecular formula is C17H12F2N2OS. The minimum atomic E-state index is -0.821. The summed E-state index contributed by atoms with van der Waals surface area (Å²) in [5.41, 5.74) is 0.757. The summed E-state index contributed by atoms with van der Waals surface area (Å²) in [5.74, 6) is -2.28. The molecule has 0 atom stereocenters. The molecule has 3 aromatic rings. The predicted octanol–water partition coefficient (Wildman–Crippen LogP) is 4.26. The van der Waals surface area contributed by atoms with E-state index in [1.165, 1.54) is 17.4 Å². The summed E-state index contributed by atoms with van der Waals surface area (Å²) in [4.78, 5) is 16.3.